The molecule has 6 nitrogen and oxygen atoms in total. The highest BCUT2D eigenvalue weighted by atomic mass is 32.2. The van der Waals surface area contributed by atoms with E-state index in [2.05, 4.69) is 4.90 Å². The Labute approximate surface area is 178 Å². The van der Waals surface area contributed by atoms with E-state index in [1.54, 1.807) is 4.90 Å². The molecule has 2 saturated heterocycles. The van der Waals surface area contributed by atoms with Crippen molar-refractivity contribution in [3.05, 3.63) is 59.7 Å². The number of fused-ring (bicyclic) bond motifs is 1. The molecule has 0 unspecified atom stereocenters. The van der Waals surface area contributed by atoms with Gasteiger partial charge in [0.25, 0.3) is 15.9 Å². The maximum absolute atomic E-state index is 13.2. The number of para-hydroxylation sites is 1. The third-order valence-corrected chi connectivity index (χ3v) is 7.11. The fourth-order valence-corrected chi connectivity index (χ4v) is 5.30. The highest BCUT2D eigenvalue weighted by molar-refractivity contribution is 7.92. The lowest BCUT2D eigenvalue weighted by molar-refractivity contribution is -0.136. The predicted octanol–water partition coefficient (Wildman–Crippen LogP) is 3.43. The Morgan fingerprint density at radius 2 is 1.81 bits per heavy atom. The second kappa shape index (κ2) is 8.16. The second-order valence-electron chi connectivity index (χ2n) is 7.76. The molecular formula is C21H22F3N3O3S. The van der Waals surface area contributed by atoms with Crippen molar-refractivity contribution in [2.75, 3.05) is 30.9 Å². The molecule has 2 fully saturated rings. The number of hydrogen-bond acceptors (Lipinski definition) is 4. The summed E-state index contributed by atoms with van der Waals surface area (Å²) in [6, 6.07) is 10.1. The first-order chi connectivity index (χ1) is 14.6. The number of alkyl halides is 3. The molecule has 0 aromatic heterocycles. The normalized spacial score (nSPS) is 19.8. The van der Waals surface area contributed by atoms with Crippen molar-refractivity contribution >= 4 is 21.6 Å². The first kappa shape index (κ1) is 21.6. The van der Waals surface area contributed by atoms with Crippen molar-refractivity contribution < 1.29 is 26.4 Å². The third-order valence-electron chi connectivity index (χ3n) is 5.74. The number of carbonyl (C=O) groups excluding carboxylic acids is 1. The van der Waals surface area contributed by atoms with E-state index in [1.165, 1.54) is 36.4 Å². The number of carbonyl (C=O) groups is 1. The van der Waals surface area contributed by atoms with Gasteiger partial charge in [0.15, 0.2) is 0 Å². The van der Waals surface area contributed by atoms with Crippen molar-refractivity contribution in [3.63, 3.8) is 0 Å². The summed E-state index contributed by atoms with van der Waals surface area (Å²) >= 11 is 0. The highest BCUT2D eigenvalue weighted by Crippen LogP contribution is 2.35. The number of nitrogens with one attached hydrogen (secondary N) is 1. The lowest BCUT2D eigenvalue weighted by atomic mass is 10.1. The van der Waals surface area contributed by atoms with E-state index in [4.69, 9.17) is 0 Å². The fourth-order valence-electron chi connectivity index (χ4n) is 4.18. The summed E-state index contributed by atoms with van der Waals surface area (Å²) in [6.45, 7) is 2.96. The highest BCUT2D eigenvalue weighted by Gasteiger charge is 2.35. The van der Waals surface area contributed by atoms with E-state index in [0.29, 0.717) is 19.1 Å². The molecule has 2 aromatic carbocycles. The van der Waals surface area contributed by atoms with Gasteiger partial charge in [0, 0.05) is 31.2 Å². The summed E-state index contributed by atoms with van der Waals surface area (Å²) in [7, 11) is -4.33. The van der Waals surface area contributed by atoms with Crippen molar-refractivity contribution in [3.8, 4) is 0 Å². The van der Waals surface area contributed by atoms with Crippen LogP contribution in [-0.4, -0.2) is 56.3 Å². The van der Waals surface area contributed by atoms with Crippen LogP contribution in [0.15, 0.2) is 53.4 Å². The largest absolute Gasteiger partial charge is 0.418 e. The molecule has 1 N–H and O–H groups in total. The minimum Gasteiger partial charge on any atom is -0.336 e. The molecule has 10 heteroatoms. The van der Waals surface area contributed by atoms with Crippen LogP contribution in [0.1, 0.15) is 28.8 Å². The van der Waals surface area contributed by atoms with Crippen LogP contribution in [0, 0.1) is 0 Å². The summed E-state index contributed by atoms with van der Waals surface area (Å²) in [5.41, 5.74) is -1.46. The van der Waals surface area contributed by atoms with E-state index in [0.717, 1.165) is 38.1 Å². The van der Waals surface area contributed by atoms with Gasteiger partial charge >= 0.3 is 6.18 Å². The Balaban J connectivity index is 1.56. The fraction of sp³-hybridized carbons (Fsp3) is 0.381. The maximum atomic E-state index is 13.2. The Hall–Kier alpha value is -2.59. The van der Waals surface area contributed by atoms with Crippen LogP contribution in [0.3, 0.4) is 0 Å². The van der Waals surface area contributed by atoms with E-state index >= 15 is 0 Å². The monoisotopic (exact) mass is 453 g/mol. The molecule has 0 radical (unpaired) electrons. The summed E-state index contributed by atoms with van der Waals surface area (Å²) in [5.74, 6) is -0.278. The Kier molecular flexibility index (Phi) is 5.69. The van der Waals surface area contributed by atoms with Crippen LogP contribution in [0.4, 0.5) is 18.9 Å². The van der Waals surface area contributed by atoms with Crippen molar-refractivity contribution in [2.45, 2.75) is 30.0 Å². The summed E-state index contributed by atoms with van der Waals surface area (Å²) < 4.78 is 67.2. The Bertz CT molecular complexity index is 1090. The average molecular weight is 453 g/mol. The maximum Gasteiger partial charge on any atom is 0.418 e. The quantitative estimate of drug-likeness (QED) is 0.770. The summed E-state index contributed by atoms with van der Waals surface area (Å²) in [6.07, 6.45) is -2.58. The Morgan fingerprint density at radius 3 is 2.58 bits per heavy atom. The third kappa shape index (κ3) is 4.54. The standard InChI is InChI=1S/C21H22F3N3O3S/c22-21(23,24)18-8-1-2-9-19(18)25-31(29,30)17-7-3-5-15(13-17)20(28)27-12-11-26-10-4-6-16(26)14-27/h1-3,5,7-9,13,16,25H,4,6,10-12,14H2/t16-/m0/s1. The zero-order valence-electron chi connectivity index (χ0n) is 16.6. The molecule has 0 saturated carbocycles. The van der Waals surface area contributed by atoms with E-state index in [9.17, 15) is 26.4 Å². The number of piperazine rings is 1. The number of benzene rings is 2. The summed E-state index contributed by atoms with van der Waals surface area (Å²) in [5, 5.41) is 0. The number of amides is 1. The first-order valence-corrected chi connectivity index (χ1v) is 11.5. The number of anilines is 1. The van der Waals surface area contributed by atoms with Gasteiger partial charge in [-0.2, -0.15) is 13.2 Å². The molecule has 2 aliphatic rings. The first-order valence-electron chi connectivity index (χ1n) is 9.97. The second-order valence-corrected chi connectivity index (χ2v) is 9.44. The van der Waals surface area contributed by atoms with Gasteiger partial charge in [-0.15, -0.1) is 0 Å². The number of rotatable bonds is 4. The van der Waals surface area contributed by atoms with Crippen LogP contribution in [-0.2, 0) is 16.2 Å². The van der Waals surface area contributed by atoms with Crippen LogP contribution in [0.25, 0.3) is 0 Å². The molecule has 2 aliphatic heterocycles. The zero-order valence-corrected chi connectivity index (χ0v) is 17.4. The summed E-state index contributed by atoms with van der Waals surface area (Å²) in [4.78, 5) is 16.8. The molecule has 0 spiro atoms. The van der Waals surface area contributed by atoms with E-state index in [1.807, 2.05) is 4.72 Å². The molecule has 1 atom stereocenters. The molecule has 166 valence electrons. The van der Waals surface area contributed by atoms with Gasteiger partial charge in [-0.1, -0.05) is 18.2 Å². The van der Waals surface area contributed by atoms with E-state index < -0.39 is 27.5 Å². The lowest BCUT2D eigenvalue weighted by Crippen LogP contribution is -2.52. The molecule has 1 amide bonds. The van der Waals surface area contributed by atoms with Crippen molar-refractivity contribution in [1.29, 1.82) is 0 Å². The lowest BCUT2D eigenvalue weighted by Gasteiger charge is -2.37. The zero-order chi connectivity index (χ0) is 22.2. The molecule has 31 heavy (non-hydrogen) atoms. The number of halogens is 3. The minimum absolute atomic E-state index is 0.193. The van der Waals surface area contributed by atoms with Crippen molar-refractivity contribution in [2.24, 2.45) is 0 Å². The molecular weight excluding hydrogens is 431 g/mol. The molecule has 4 rings (SSSR count). The topological polar surface area (TPSA) is 69.7 Å². The molecule has 2 heterocycles. The minimum atomic E-state index is -4.71. The van der Waals surface area contributed by atoms with Gasteiger partial charge < -0.3 is 4.90 Å². The van der Waals surface area contributed by atoms with E-state index in [-0.39, 0.29) is 16.4 Å². The molecule has 0 bridgehead atoms. The Morgan fingerprint density at radius 1 is 1.03 bits per heavy atom. The molecule has 2 aromatic rings. The van der Waals surface area contributed by atoms with Crippen LogP contribution in [0.2, 0.25) is 0 Å². The average Bonchev–Trinajstić information content (AvgIpc) is 3.20. The van der Waals surface area contributed by atoms with Crippen molar-refractivity contribution in [1.82, 2.24) is 9.80 Å². The van der Waals surface area contributed by atoms with Crippen LogP contribution >= 0.6 is 0 Å². The van der Waals surface area contributed by atoms with Gasteiger partial charge in [-0.25, -0.2) is 8.42 Å². The van der Waals surface area contributed by atoms with Gasteiger partial charge in [0.05, 0.1) is 16.1 Å². The predicted molar refractivity (Wildman–Crippen MR) is 109 cm³/mol. The van der Waals surface area contributed by atoms with Gasteiger partial charge in [-0.3, -0.25) is 14.4 Å². The SMILES string of the molecule is O=C(c1cccc(S(=O)(=O)Nc2ccccc2C(F)(F)F)c1)N1CCN2CCC[C@H]2C1. The smallest absolute Gasteiger partial charge is 0.336 e. The van der Waals surface area contributed by atoms with Crippen LogP contribution < -0.4 is 4.72 Å². The van der Waals surface area contributed by atoms with Gasteiger partial charge in [0.1, 0.15) is 0 Å². The number of sulfonamides is 1. The molecule has 0 aliphatic carbocycles. The number of nitrogens with zero attached hydrogens (tertiary/aromatic N) is 2. The van der Waals surface area contributed by atoms with Gasteiger partial charge in [0.2, 0.25) is 0 Å². The van der Waals surface area contributed by atoms with Crippen LogP contribution in [0.5, 0.6) is 0 Å². The number of hydrogen-bond donors (Lipinski definition) is 1. The van der Waals surface area contributed by atoms with Gasteiger partial charge in [-0.05, 0) is 49.7 Å².